The van der Waals surface area contributed by atoms with Crippen molar-refractivity contribution < 1.29 is 14.3 Å². The molecule has 1 rings (SSSR count). The Morgan fingerprint density at radius 3 is 2.89 bits per heavy atom. The second-order valence-corrected chi connectivity index (χ2v) is 4.26. The van der Waals surface area contributed by atoms with E-state index in [9.17, 15) is 4.79 Å². The Hall–Kier alpha value is -1.55. The minimum atomic E-state index is -0.200. The van der Waals surface area contributed by atoms with Crippen molar-refractivity contribution >= 4 is 5.97 Å². The maximum absolute atomic E-state index is 11.4. The zero-order valence-electron chi connectivity index (χ0n) is 11.8. The van der Waals surface area contributed by atoms with E-state index in [0.717, 1.165) is 24.2 Å². The molecule has 4 heteroatoms. The molecule has 0 saturated carbocycles. The molecule has 19 heavy (non-hydrogen) atoms. The second kappa shape index (κ2) is 9.39. The monoisotopic (exact) mass is 265 g/mol. The number of carbonyl (C=O) groups excluding carboxylic acids is 1. The van der Waals surface area contributed by atoms with Gasteiger partial charge in [-0.05, 0) is 31.0 Å². The van der Waals surface area contributed by atoms with Gasteiger partial charge in [0.2, 0.25) is 0 Å². The van der Waals surface area contributed by atoms with E-state index >= 15 is 0 Å². The highest BCUT2D eigenvalue weighted by molar-refractivity contribution is 5.71. The molecule has 0 unspecified atom stereocenters. The van der Waals surface area contributed by atoms with E-state index < -0.39 is 0 Å². The van der Waals surface area contributed by atoms with Gasteiger partial charge < -0.3 is 14.8 Å². The lowest BCUT2D eigenvalue weighted by molar-refractivity contribution is -0.142. The Bertz CT molecular complexity index is 379. The fourth-order valence-electron chi connectivity index (χ4n) is 1.60. The Morgan fingerprint density at radius 1 is 1.32 bits per heavy atom. The number of ether oxygens (including phenoxy) is 2. The highest BCUT2D eigenvalue weighted by Crippen LogP contribution is 2.12. The fourth-order valence-corrected chi connectivity index (χ4v) is 1.60. The highest BCUT2D eigenvalue weighted by Gasteiger charge is 2.02. The number of hydrogen-bond donors (Lipinski definition) is 1. The Labute approximate surface area is 115 Å². The molecule has 0 heterocycles. The zero-order valence-corrected chi connectivity index (χ0v) is 11.8. The van der Waals surface area contributed by atoms with Crippen LogP contribution in [0.4, 0.5) is 0 Å². The smallest absolute Gasteiger partial charge is 0.319 e. The van der Waals surface area contributed by atoms with Crippen molar-refractivity contribution in [3.8, 4) is 5.75 Å². The van der Waals surface area contributed by atoms with Crippen LogP contribution in [0.15, 0.2) is 24.3 Å². The van der Waals surface area contributed by atoms with Crippen LogP contribution >= 0.6 is 0 Å². The largest absolute Gasteiger partial charge is 0.494 e. The number of benzene rings is 1. The average molecular weight is 265 g/mol. The summed E-state index contributed by atoms with van der Waals surface area (Å²) in [5, 5.41) is 3.07. The van der Waals surface area contributed by atoms with Crippen LogP contribution < -0.4 is 10.1 Å². The highest BCUT2D eigenvalue weighted by atomic mass is 16.5. The van der Waals surface area contributed by atoms with Gasteiger partial charge in [-0.3, -0.25) is 4.79 Å². The average Bonchev–Trinajstić information content (AvgIpc) is 2.40. The minimum Gasteiger partial charge on any atom is -0.494 e. The van der Waals surface area contributed by atoms with Gasteiger partial charge in [-0.1, -0.05) is 25.5 Å². The van der Waals surface area contributed by atoms with Crippen LogP contribution in [0, 0.1) is 0 Å². The number of nitrogens with one attached hydrogen (secondary N) is 1. The van der Waals surface area contributed by atoms with Crippen LogP contribution in [-0.4, -0.2) is 25.7 Å². The van der Waals surface area contributed by atoms with Crippen LogP contribution in [0.2, 0.25) is 0 Å². The summed E-state index contributed by atoms with van der Waals surface area (Å²) in [6.07, 6.45) is 1.95. The molecule has 1 N–H and O–H groups in total. The summed E-state index contributed by atoms with van der Waals surface area (Å²) in [6.45, 7) is 6.05. The quantitative estimate of drug-likeness (QED) is 0.550. The molecular weight excluding hydrogens is 242 g/mol. The lowest BCUT2D eigenvalue weighted by Gasteiger charge is -2.08. The van der Waals surface area contributed by atoms with E-state index in [1.165, 1.54) is 0 Å². The SMILES string of the molecule is CCCCOC(=O)CNCc1cccc(OCC)c1. The van der Waals surface area contributed by atoms with Crippen LogP contribution in [0.3, 0.4) is 0 Å². The molecule has 0 radical (unpaired) electrons. The maximum Gasteiger partial charge on any atom is 0.319 e. The third kappa shape index (κ3) is 6.82. The van der Waals surface area contributed by atoms with E-state index in [1.807, 2.05) is 31.2 Å². The number of hydrogen-bond acceptors (Lipinski definition) is 4. The molecule has 0 fully saturated rings. The predicted molar refractivity (Wildman–Crippen MR) is 75.2 cm³/mol. The Kier molecular flexibility index (Phi) is 7.66. The van der Waals surface area contributed by atoms with Crippen molar-refractivity contribution in [2.24, 2.45) is 0 Å². The molecule has 0 aliphatic carbocycles. The first-order chi connectivity index (χ1) is 9.26. The molecule has 0 spiro atoms. The Morgan fingerprint density at radius 2 is 2.16 bits per heavy atom. The number of unbranched alkanes of at least 4 members (excludes halogenated alkanes) is 1. The number of esters is 1. The lowest BCUT2D eigenvalue weighted by Crippen LogP contribution is -2.24. The first kappa shape index (κ1) is 15.5. The van der Waals surface area contributed by atoms with Crippen LogP contribution in [0.5, 0.6) is 5.75 Å². The summed E-state index contributed by atoms with van der Waals surface area (Å²) in [4.78, 5) is 11.4. The van der Waals surface area contributed by atoms with Crippen molar-refractivity contribution in [1.29, 1.82) is 0 Å². The van der Waals surface area contributed by atoms with E-state index in [4.69, 9.17) is 9.47 Å². The van der Waals surface area contributed by atoms with Crippen molar-refractivity contribution in [2.45, 2.75) is 33.2 Å². The summed E-state index contributed by atoms with van der Waals surface area (Å²) >= 11 is 0. The summed E-state index contributed by atoms with van der Waals surface area (Å²) in [5.41, 5.74) is 1.09. The molecule has 0 amide bonds. The first-order valence-corrected chi connectivity index (χ1v) is 6.84. The normalized spacial score (nSPS) is 10.2. The van der Waals surface area contributed by atoms with Crippen LogP contribution in [-0.2, 0) is 16.1 Å². The molecule has 0 saturated heterocycles. The van der Waals surface area contributed by atoms with Crippen LogP contribution in [0.1, 0.15) is 32.3 Å². The van der Waals surface area contributed by atoms with Gasteiger partial charge >= 0.3 is 5.97 Å². The summed E-state index contributed by atoms with van der Waals surface area (Å²) in [5.74, 6) is 0.654. The van der Waals surface area contributed by atoms with Crippen molar-refractivity contribution in [2.75, 3.05) is 19.8 Å². The van der Waals surface area contributed by atoms with E-state index in [2.05, 4.69) is 12.2 Å². The topological polar surface area (TPSA) is 47.6 Å². The number of carbonyl (C=O) groups is 1. The standard InChI is InChI=1S/C15H23NO3/c1-3-5-9-19-15(17)12-16-11-13-7-6-8-14(10-13)18-4-2/h6-8,10,16H,3-5,9,11-12H2,1-2H3. The molecule has 0 aromatic heterocycles. The van der Waals surface area contributed by atoms with Gasteiger partial charge in [-0.15, -0.1) is 0 Å². The van der Waals surface area contributed by atoms with E-state index in [-0.39, 0.29) is 12.5 Å². The molecular formula is C15H23NO3. The van der Waals surface area contributed by atoms with Crippen LogP contribution in [0.25, 0.3) is 0 Å². The van der Waals surface area contributed by atoms with Gasteiger partial charge in [-0.2, -0.15) is 0 Å². The van der Waals surface area contributed by atoms with Gasteiger partial charge in [0, 0.05) is 6.54 Å². The van der Waals surface area contributed by atoms with Gasteiger partial charge in [-0.25, -0.2) is 0 Å². The first-order valence-electron chi connectivity index (χ1n) is 6.84. The minimum absolute atomic E-state index is 0.200. The molecule has 1 aromatic rings. The summed E-state index contributed by atoms with van der Waals surface area (Å²) < 4.78 is 10.5. The van der Waals surface area contributed by atoms with Gasteiger partial charge in [0.1, 0.15) is 5.75 Å². The lowest BCUT2D eigenvalue weighted by atomic mass is 10.2. The third-order valence-corrected chi connectivity index (χ3v) is 2.57. The molecule has 0 bridgehead atoms. The van der Waals surface area contributed by atoms with Gasteiger partial charge in [0.05, 0.1) is 19.8 Å². The predicted octanol–water partition coefficient (Wildman–Crippen LogP) is 2.52. The molecule has 0 atom stereocenters. The zero-order chi connectivity index (χ0) is 13.9. The van der Waals surface area contributed by atoms with E-state index in [0.29, 0.717) is 19.8 Å². The van der Waals surface area contributed by atoms with Crippen molar-refractivity contribution in [3.05, 3.63) is 29.8 Å². The molecule has 0 aliphatic heterocycles. The third-order valence-electron chi connectivity index (χ3n) is 2.57. The number of rotatable bonds is 9. The Balaban J connectivity index is 2.24. The summed E-state index contributed by atoms with van der Waals surface area (Å²) in [6, 6.07) is 7.84. The summed E-state index contributed by atoms with van der Waals surface area (Å²) in [7, 11) is 0. The van der Waals surface area contributed by atoms with E-state index in [1.54, 1.807) is 0 Å². The van der Waals surface area contributed by atoms with Crippen molar-refractivity contribution in [3.63, 3.8) is 0 Å². The molecule has 4 nitrogen and oxygen atoms in total. The molecule has 1 aromatic carbocycles. The second-order valence-electron chi connectivity index (χ2n) is 4.26. The molecule has 0 aliphatic rings. The maximum atomic E-state index is 11.4. The van der Waals surface area contributed by atoms with Crippen molar-refractivity contribution in [1.82, 2.24) is 5.32 Å². The van der Waals surface area contributed by atoms with Gasteiger partial charge in [0.15, 0.2) is 0 Å². The van der Waals surface area contributed by atoms with Gasteiger partial charge in [0.25, 0.3) is 0 Å². The fraction of sp³-hybridized carbons (Fsp3) is 0.533. The molecule has 106 valence electrons.